The molecule has 1 N–H and O–H groups in total. The van der Waals surface area contributed by atoms with E-state index in [1.807, 2.05) is 48.5 Å². The van der Waals surface area contributed by atoms with Gasteiger partial charge in [-0.3, -0.25) is 4.90 Å². The number of benzene rings is 2. The van der Waals surface area contributed by atoms with Crippen LogP contribution in [-0.2, 0) is 9.53 Å². The van der Waals surface area contributed by atoms with Crippen LogP contribution in [0, 0.1) is 0 Å². The molecular weight excluding hydrogens is 348 g/mol. The van der Waals surface area contributed by atoms with Gasteiger partial charge in [-0.1, -0.05) is 53.6 Å². The van der Waals surface area contributed by atoms with Gasteiger partial charge in [-0.05, 0) is 27.8 Å². The van der Waals surface area contributed by atoms with Gasteiger partial charge in [-0.2, -0.15) is 0 Å². The summed E-state index contributed by atoms with van der Waals surface area (Å²) in [5, 5.41) is 12.5. The summed E-state index contributed by atoms with van der Waals surface area (Å²) >= 11 is 0. The Hall–Kier alpha value is -3.51. The van der Waals surface area contributed by atoms with E-state index in [-0.39, 0.29) is 19.1 Å². The number of carbonyl (C=O) groups excluding carboxylic acids is 1. The smallest absolute Gasteiger partial charge is 0.410 e. The van der Waals surface area contributed by atoms with E-state index < -0.39 is 18.1 Å². The zero-order valence-corrected chi connectivity index (χ0v) is 14.6. The average Bonchev–Trinajstić information content (AvgIpc) is 3.00. The Balaban J connectivity index is 1.75. The van der Waals surface area contributed by atoms with E-state index in [4.69, 9.17) is 10.3 Å². The van der Waals surface area contributed by atoms with Crippen LogP contribution >= 0.6 is 0 Å². The topological polar surface area (TPSA) is 116 Å². The number of carboxylic acid groups (broad SMARTS) is 1. The molecule has 2 aromatic carbocycles. The largest absolute Gasteiger partial charge is 0.480 e. The Kier molecular flexibility index (Phi) is 5.28. The molecular formula is C19H18N4O4. The maximum absolute atomic E-state index is 12.3. The second-order valence-corrected chi connectivity index (χ2v) is 6.18. The molecule has 1 atom stereocenters. The minimum atomic E-state index is -1.28. The van der Waals surface area contributed by atoms with Crippen molar-refractivity contribution in [3.63, 3.8) is 0 Å². The zero-order chi connectivity index (χ0) is 19.4. The lowest BCUT2D eigenvalue weighted by Gasteiger charge is -2.24. The van der Waals surface area contributed by atoms with Gasteiger partial charge in [0.05, 0.1) is 6.54 Å². The first kappa shape index (κ1) is 18.3. The van der Waals surface area contributed by atoms with Gasteiger partial charge < -0.3 is 9.84 Å². The summed E-state index contributed by atoms with van der Waals surface area (Å²) < 4.78 is 5.40. The maximum Gasteiger partial charge on any atom is 0.410 e. The highest BCUT2D eigenvalue weighted by Gasteiger charge is 2.31. The quantitative estimate of drug-likeness (QED) is 0.477. The number of hydrogen-bond donors (Lipinski definition) is 1. The summed E-state index contributed by atoms with van der Waals surface area (Å²) in [4.78, 5) is 27.1. The van der Waals surface area contributed by atoms with Crippen molar-refractivity contribution in [2.24, 2.45) is 5.11 Å². The van der Waals surface area contributed by atoms with Crippen molar-refractivity contribution >= 4 is 12.1 Å². The van der Waals surface area contributed by atoms with Crippen LogP contribution in [0.2, 0.25) is 0 Å². The molecule has 0 heterocycles. The minimum Gasteiger partial charge on any atom is -0.480 e. The van der Waals surface area contributed by atoms with E-state index in [2.05, 4.69) is 10.0 Å². The number of amides is 1. The minimum absolute atomic E-state index is 0.0884. The Morgan fingerprint density at radius 2 is 1.74 bits per heavy atom. The van der Waals surface area contributed by atoms with Gasteiger partial charge in [0.25, 0.3) is 0 Å². The molecule has 0 spiro atoms. The lowest BCUT2D eigenvalue weighted by Crippen LogP contribution is -2.44. The average molecular weight is 366 g/mol. The number of azide groups is 1. The molecule has 0 bridgehead atoms. The van der Waals surface area contributed by atoms with Crippen LogP contribution in [0.5, 0.6) is 0 Å². The number of nitrogens with zero attached hydrogens (tertiary/aromatic N) is 4. The lowest BCUT2D eigenvalue weighted by molar-refractivity contribution is -0.141. The second kappa shape index (κ2) is 7.80. The number of hydrogen-bond acceptors (Lipinski definition) is 4. The summed E-state index contributed by atoms with van der Waals surface area (Å²) in [5.74, 6) is -1.38. The van der Waals surface area contributed by atoms with Gasteiger partial charge >= 0.3 is 12.1 Å². The van der Waals surface area contributed by atoms with Crippen LogP contribution in [0.1, 0.15) is 17.0 Å². The third-order valence-electron chi connectivity index (χ3n) is 4.69. The normalized spacial score (nSPS) is 13.1. The van der Waals surface area contributed by atoms with Gasteiger partial charge in [0.1, 0.15) is 12.6 Å². The van der Waals surface area contributed by atoms with E-state index in [0.717, 1.165) is 27.2 Å². The highest BCUT2D eigenvalue weighted by molar-refractivity contribution is 5.81. The number of carboxylic acids is 1. The molecule has 138 valence electrons. The van der Waals surface area contributed by atoms with Crippen molar-refractivity contribution in [2.45, 2.75) is 12.0 Å². The summed E-state index contributed by atoms with van der Waals surface area (Å²) in [6, 6.07) is 14.6. The van der Waals surface area contributed by atoms with Crippen LogP contribution in [0.15, 0.2) is 53.6 Å². The van der Waals surface area contributed by atoms with E-state index in [1.54, 1.807) is 0 Å². The Bertz CT molecular complexity index is 878. The van der Waals surface area contributed by atoms with Gasteiger partial charge in [-0.25, -0.2) is 9.59 Å². The Morgan fingerprint density at radius 3 is 2.26 bits per heavy atom. The molecule has 0 saturated carbocycles. The summed E-state index contributed by atoms with van der Waals surface area (Å²) in [5.41, 5.74) is 12.7. The van der Waals surface area contributed by atoms with E-state index in [1.165, 1.54) is 7.05 Å². The zero-order valence-electron chi connectivity index (χ0n) is 14.6. The van der Waals surface area contributed by atoms with Crippen molar-refractivity contribution in [1.29, 1.82) is 0 Å². The standard InChI is InChI=1S/C19H18N4O4/c1-23(17(18(24)25)10-21-22-20)19(26)27-11-16-14-8-4-2-6-12(14)13-7-3-5-9-15(13)16/h2-9,16-17H,10-11H2,1H3,(H,24,25)/t17-/m0/s1. The van der Waals surface area contributed by atoms with Crippen molar-refractivity contribution in [3.8, 4) is 11.1 Å². The number of ether oxygens (including phenoxy) is 1. The number of carbonyl (C=O) groups is 2. The second-order valence-electron chi connectivity index (χ2n) is 6.18. The maximum atomic E-state index is 12.3. The molecule has 0 aromatic heterocycles. The first-order chi connectivity index (χ1) is 13.0. The highest BCUT2D eigenvalue weighted by Crippen LogP contribution is 2.44. The molecule has 3 rings (SSSR count). The molecule has 8 nitrogen and oxygen atoms in total. The predicted molar refractivity (Wildman–Crippen MR) is 98.3 cm³/mol. The summed E-state index contributed by atoms with van der Waals surface area (Å²) in [7, 11) is 1.31. The number of fused-ring (bicyclic) bond motifs is 3. The van der Waals surface area contributed by atoms with E-state index in [9.17, 15) is 14.7 Å². The van der Waals surface area contributed by atoms with E-state index in [0.29, 0.717) is 0 Å². The fraction of sp³-hybridized carbons (Fsp3) is 0.263. The SMILES string of the molecule is CN(C(=O)OCC1c2ccccc2-c2ccccc21)[C@@H](CN=[N+]=[N-])C(=O)O. The fourth-order valence-electron chi connectivity index (χ4n) is 3.30. The molecule has 0 fully saturated rings. The van der Waals surface area contributed by atoms with Crippen molar-refractivity contribution in [3.05, 3.63) is 70.1 Å². The van der Waals surface area contributed by atoms with Crippen LogP contribution in [0.4, 0.5) is 4.79 Å². The molecule has 0 radical (unpaired) electrons. The molecule has 0 aliphatic heterocycles. The van der Waals surface area contributed by atoms with Crippen molar-refractivity contribution in [1.82, 2.24) is 4.90 Å². The molecule has 1 aliphatic rings. The lowest BCUT2D eigenvalue weighted by atomic mass is 9.98. The number of likely N-dealkylation sites (N-methyl/N-ethyl adjacent to an activating group) is 1. The van der Waals surface area contributed by atoms with Crippen molar-refractivity contribution < 1.29 is 19.4 Å². The van der Waals surface area contributed by atoms with Gasteiger partial charge in [-0.15, -0.1) is 0 Å². The molecule has 0 unspecified atom stereocenters. The fourth-order valence-corrected chi connectivity index (χ4v) is 3.30. The Morgan fingerprint density at radius 1 is 1.19 bits per heavy atom. The van der Waals surface area contributed by atoms with E-state index >= 15 is 0 Å². The van der Waals surface area contributed by atoms with Crippen molar-refractivity contribution in [2.75, 3.05) is 20.2 Å². The highest BCUT2D eigenvalue weighted by atomic mass is 16.6. The molecule has 27 heavy (non-hydrogen) atoms. The third kappa shape index (κ3) is 3.56. The third-order valence-corrected chi connectivity index (χ3v) is 4.69. The Labute approximate surface area is 155 Å². The molecule has 1 aliphatic carbocycles. The number of rotatable bonds is 6. The van der Waals surface area contributed by atoms with Gasteiger partial charge in [0, 0.05) is 17.9 Å². The molecule has 0 saturated heterocycles. The molecule has 8 heteroatoms. The summed E-state index contributed by atoms with van der Waals surface area (Å²) in [6.07, 6.45) is -0.780. The van der Waals surface area contributed by atoms with Crippen LogP contribution in [0.25, 0.3) is 21.6 Å². The molecule has 1 amide bonds. The predicted octanol–water partition coefficient (Wildman–Crippen LogP) is 3.63. The van der Waals surface area contributed by atoms with Crippen LogP contribution in [-0.4, -0.2) is 48.3 Å². The van der Waals surface area contributed by atoms with Crippen LogP contribution in [0.3, 0.4) is 0 Å². The first-order valence-corrected chi connectivity index (χ1v) is 8.36. The van der Waals surface area contributed by atoms with Gasteiger partial charge in [0.2, 0.25) is 0 Å². The first-order valence-electron chi connectivity index (χ1n) is 8.36. The molecule has 2 aromatic rings. The van der Waals surface area contributed by atoms with Crippen LogP contribution < -0.4 is 0 Å². The van der Waals surface area contributed by atoms with Gasteiger partial charge in [0.15, 0.2) is 0 Å². The summed E-state index contributed by atoms with van der Waals surface area (Å²) in [6.45, 7) is -0.280. The monoisotopic (exact) mass is 366 g/mol. The number of aliphatic carboxylic acids is 1.